The van der Waals surface area contributed by atoms with Gasteiger partial charge >= 0.3 is 12.0 Å². The first-order valence-electron chi connectivity index (χ1n) is 7.16. The lowest BCUT2D eigenvalue weighted by Gasteiger charge is -2.25. The van der Waals surface area contributed by atoms with Gasteiger partial charge in [-0.2, -0.15) is 0 Å². The molecule has 1 aromatic carbocycles. The molecule has 1 unspecified atom stereocenters. The maximum atomic E-state index is 12.3. The summed E-state index contributed by atoms with van der Waals surface area (Å²) >= 11 is 0. The zero-order chi connectivity index (χ0) is 16.2. The van der Waals surface area contributed by atoms with E-state index >= 15 is 0 Å². The van der Waals surface area contributed by atoms with Crippen LogP contribution in [0.3, 0.4) is 0 Å². The molecule has 1 aromatic rings. The molecule has 1 atom stereocenters. The van der Waals surface area contributed by atoms with Crippen molar-refractivity contribution in [1.82, 2.24) is 4.90 Å². The average Bonchev–Trinajstić information content (AvgIpc) is 2.40. The number of carboxylic acids is 1. The van der Waals surface area contributed by atoms with E-state index < -0.39 is 5.97 Å². The van der Waals surface area contributed by atoms with Crippen LogP contribution in [-0.4, -0.2) is 35.1 Å². The van der Waals surface area contributed by atoms with Crippen LogP contribution in [0.5, 0.6) is 0 Å². The summed E-state index contributed by atoms with van der Waals surface area (Å²) in [5.41, 5.74) is 2.10. The molecule has 0 radical (unpaired) electrons. The average molecular weight is 292 g/mol. The van der Waals surface area contributed by atoms with Crippen LogP contribution in [0.25, 0.3) is 0 Å². The number of nitrogens with zero attached hydrogens (tertiary/aromatic N) is 1. The second-order valence-corrected chi connectivity index (χ2v) is 5.49. The Morgan fingerprint density at radius 1 is 1.33 bits per heavy atom. The molecule has 116 valence electrons. The number of aryl methyl sites for hydroxylation is 2. The first-order chi connectivity index (χ1) is 9.77. The predicted molar refractivity (Wildman–Crippen MR) is 84.0 cm³/mol. The van der Waals surface area contributed by atoms with E-state index in [0.717, 1.165) is 24.0 Å². The van der Waals surface area contributed by atoms with E-state index in [1.54, 1.807) is 24.9 Å². The lowest BCUT2D eigenvalue weighted by Crippen LogP contribution is -2.38. The van der Waals surface area contributed by atoms with Gasteiger partial charge in [-0.15, -0.1) is 0 Å². The maximum Gasteiger partial charge on any atom is 0.337 e. The van der Waals surface area contributed by atoms with Crippen LogP contribution in [0.1, 0.15) is 48.2 Å². The van der Waals surface area contributed by atoms with Crippen LogP contribution in [0.2, 0.25) is 0 Å². The highest BCUT2D eigenvalue weighted by Gasteiger charge is 2.19. The largest absolute Gasteiger partial charge is 0.478 e. The van der Waals surface area contributed by atoms with Gasteiger partial charge in [-0.3, -0.25) is 0 Å². The summed E-state index contributed by atoms with van der Waals surface area (Å²) in [4.78, 5) is 25.2. The molecule has 0 aliphatic rings. The summed E-state index contributed by atoms with van der Waals surface area (Å²) in [6.07, 6.45) is 1.89. The molecule has 0 heterocycles. The SMILES string of the molecule is CCCC(C)N(C)C(=O)Nc1c(C)cc(C)cc1C(=O)O. The van der Waals surface area contributed by atoms with Crippen molar-refractivity contribution in [3.63, 3.8) is 0 Å². The van der Waals surface area contributed by atoms with Gasteiger partial charge in [-0.1, -0.05) is 19.4 Å². The van der Waals surface area contributed by atoms with Crippen molar-refractivity contribution in [1.29, 1.82) is 0 Å². The summed E-state index contributed by atoms with van der Waals surface area (Å²) in [7, 11) is 1.72. The smallest absolute Gasteiger partial charge is 0.337 e. The van der Waals surface area contributed by atoms with Crippen molar-refractivity contribution < 1.29 is 14.7 Å². The number of benzene rings is 1. The number of carbonyl (C=O) groups excluding carboxylic acids is 1. The third-order valence-corrected chi connectivity index (χ3v) is 3.63. The molecule has 2 N–H and O–H groups in total. The number of rotatable bonds is 5. The minimum Gasteiger partial charge on any atom is -0.478 e. The van der Waals surface area contributed by atoms with Crippen LogP contribution < -0.4 is 5.32 Å². The van der Waals surface area contributed by atoms with Gasteiger partial charge in [0.05, 0.1) is 11.3 Å². The standard InChI is InChI=1S/C16H24N2O3/c1-6-7-12(4)18(5)16(21)17-14-11(3)8-10(2)9-13(14)15(19)20/h8-9,12H,6-7H2,1-5H3,(H,17,21)(H,19,20). The maximum absolute atomic E-state index is 12.3. The Labute approximate surface area is 126 Å². The number of nitrogens with one attached hydrogen (secondary N) is 1. The Morgan fingerprint density at radius 2 is 1.95 bits per heavy atom. The Balaban J connectivity index is 3.02. The molecule has 2 amide bonds. The number of anilines is 1. The molecule has 0 saturated heterocycles. The topological polar surface area (TPSA) is 69.6 Å². The Hall–Kier alpha value is -2.04. The first kappa shape index (κ1) is 17.0. The number of carboxylic acid groups (broad SMARTS) is 1. The highest BCUT2D eigenvalue weighted by Crippen LogP contribution is 2.23. The highest BCUT2D eigenvalue weighted by atomic mass is 16.4. The van der Waals surface area contributed by atoms with E-state index in [0.29, 0.717) is 5.69 Å². The highest BCUT2D eigenvalue weighted by molar-refractivity contribution is 6.01. The second-order valence-electron chi connectivity index (χ2n) is 5.49. The van der Waals surface area contributed by atoms with E-state index in [1.165, 1.54) is 0 Å². The summed E-state index contributed by atoms with van der Waals surface area (Å²) in [6.45, 7) is 7.67. The number of hydrogen-bond donors (Lipinski definition) is 2. The molecule has 0 saturated carbocycles. The molecular formula is C16H24N2O3. The zero-order valence-electron chi connectivity index (χ0n) is 13.4. The third kappa shape index (κ3) is 4.21. The van der Waals surface area contributed by atoms with Gasteiger partial charge in [0.2, 0.25) is 0 Å². The number of carbonyl (C=O) groups is 2. The normalized spacial score (nSPS) is 11.9. The molecule has 0 bridgehead atoms. The third-order valence-electron chi connectivity index (χ3n) is 3.63. The van der Waals surface area contributed by atoms with E-state index in [1.807, 2.05) is 19.9 Å². The van der Waals surface area contributed by atoms with E-state index in [4.69, 9.17) is 0 Å². The van der Waals surface area contributed by atoms with Gasteiger partial charge in [-0.05, 0) is 44.4 Å². The van der Waals surface area contributed by atoms with Crippen molar-refractivity contribution in [3.8, 4) is 0 Å². The molecule has 0 aliphatic carbocycles. The van der Waals surface area contributed by atoms with Gasteiger partial charge in [-0.25, -0.2) is 9.59 Å². The lowest BCUT2D eigenvalue weighted by atomic mass is 10.0. The summed E-state index contributed by atoms with van der Waals surface area (Å²) in [6, 6.07) is 3.25. The molecule has 21 heavy (non-hydrogen) atoms. The zero-order valence-corrected chi connectivity index (χ0v) is 13.4. The second kappa shape index (κ2) is 7.11. The fourth-order valence-corrected chi connectivity index (χ4v) is 2.31. The number of hydrogen-bond acceptors (Lipinski definition) is 2. The van der Waals surface area contributed by atoms with Crippen LogP contribution in [0.4, 0.5) is 10.5 Å². The minimum atomic E-state index is -1.04. The lowest BCUT2D eigenvalue weighted by molar-refractivity contribution is 0.0698. The molecule has 0 spiro atoms. The molecule has 5 nitrogen and oxygen atoms in total. The Kier molecular flexibility index (Phi) is 5.76. The van der Waals surface area contributed by atoms with Crippen LogP contribution in [-0.2, 0) is 0 Å². The van der Waals surface area contributed by atoms with E-state index in [9.17, 15) is 14.7 Å². The van der Waals surface area contributed by atoms with E-state index in [2.05, 4.69) is 12.2 Å². The van der Waals surface area contributed by atoms with Gasteiger partial charge in [0, 0.05) is 13.1 Å². The summed E-state index contributed by atoms with van der Waals surface area (Å²) in [5, 5.41) is 12.0. The fraction of sp³-hybridized carbons (Fsp3) is 0.500. The monoisotopic (exact) mass is 292 g/mol. The molecule has 1 rings (SSSR count). The minimum absolute atomic E-state index is 0.106. The first-order valence-corrected chi connectivity index (χ1v) is 7.16. The van der Waals surface area contributed by atoms with Crippen molar-refractivity contribution in [3.05, 3.63) is 28.8 Å². The van der Waals surface area contributed by atoms with Crippen molar-refractivity contribution in [2.45, 2.75) is 46.6 Å². The van der Waals surface area contributed by atoms with Gasteiger partial charge in [0.1, 0.15) is 0 Å². The number of aromatic carboxylic acids is 1. The van der Waals surface area contributed by atoms with E-state index in [-0.39, 0.29) is 17.6 Å². The Bertz CT molecular complexity index is 541. The summed E-state index contributed by atoms with van der Waals surface area (Å²) < 4.78 is 0. The van der Waals surface area contributed by atoms with Crippen molar-refractivity contribution in [2.75, 3.05) is 12.4 Å². The van der Waals surface area contributed by atoms with Crippen LogP contribution >= 0.6 is 0 Å². The van der Waals surface area contributed by atoms with Crippen molar-refractivity contribution >= 4 is 17.7 Å². The molecule has 0 aromatic heterocycles. The van der Waals surface area contributed by atoms with Gasteiger partial charge in [0.25, 0.3) is 0 Å². The van der Waals surface area contributed by atoms with Crippen molar-refractivity contribution in [2.24, 2.45) is 0 Å². The summed E-state index contributed by atoms with van der Waals surface area (Å²) in [5.74, 6) is -1.04. The van der Waals surface area contributed by atoms with Crippen LogP contribution in [0.15, 0.2) is 12.1 Å². The van der Waals surface area contributed by atoms with Crippen LogP contribution in [0, 0.1) is 13.8 Å². The number of amides is 2. The van der Waals surface area contributed by atoms with Gasteiger partial charge in [0.15, 0.2) is 0 Å². The predicted octanol–water partition coefficient (Wildman–Crippen LogP) is 3.65. The fourth-order valence-electron chi connectivity index (χ4n) is 2.31. The molecular weight excluding hydrogens is 268 g/mol. The Morgan fingerprint density at radius 3 is 2.48 bits per heavy atom. The molecule has 5 heteroatoms. The number of urea groups is 1. The molecule has 0 aliphatic heterocycles. The molecule has 0 fully saturated rings. The van der Waals surface area contributed by atoms with Gasteiger partial charge < -0.3 is 15.3 Å². The quantitative estimate of drug-likeness (QED) is 0.870.